The number of benzene rings is 2. The molecule has 4 rings (SSSR count). The number of hydrogen-bond donors (Lipinski definition) is 1. The summed E-state index contributed by atoms with van der Waals surface area (Å²) < 4.78 is 57.7. The quantitative estimate of drug-likeness (QED) is 0.234. The van der Waals surface area contributed by atoms with Gasteiger partial charge in [0.05, 0.1) is 30.9 Å². The minimum Gasteiger partial charge on any atom is -0.493 e. The third-order valence-corrected chi connectivity index (χ3v) is 7.56. The summed E-state index contributed by atoms with van der Waals surface area (Å²) in [5, 5.41) is 3.05. The lowest BCUT2D eigenvalue weighted by molar-refractivity contribution is 0.0964. The summed E-state index contributed by atoms with van der Waals surface area (Å²) >= 11 is 0. The van der Waals surface area contributed by atoms with E-state index in [0.29, 0.717) is 53.9 Å². The van der Waals surface area contributed by atoms with E-state index in [4.69, 9.17) is 13.9 Å². The SMILES string of the molecule is CCc1cc2c(C(=O)NC)c(-c3ccc(F)cc3)oc2nc1N(CCCCOc1ccccc1OC)S(C)(=O)=O. The average molecular weight is 570 g/mol. The van der Waals surface area contributed by atoms with Crippen molar-refractivity contribution >= 4 is 32.8 Å². The number of methoxy groups -OCH3 is 1. The number of halogens is 1. The molecule has 2 aromatic carbocycles. The number of hydrogen-bond acceptors (Lipinski definition) is 7. The first-order chi connectivity index (χ1) is 19.2. The maximum absolute atomic E-state index is 13.6. The van der Waals surface area contributed by atoms with Crippen LogP contribution >= 0.6 is 0 Å². The van der Waals surface area contributed by atoms with Gasteiger partial charge in [0.1, 0.15) is 17.4 Å². The Balaban J connectivity index is 1.65. The smallest absolute Gasteiger partial charge is 0.255 e. The summed E-state index contributed by atoms with van der Waals surface area (Å²) in [4.78, 5) is 17.5. The van der Waals surface area contributed by atoms with Gasteiger partial charge in [-0.15, -0.1) is 0 Å². The van der Waals surface area contributed by atoms with E-state index < -0.39 is 21.7 Å². The number of rotatable bonds is 12. The molecule has 0 radical (unpaired) electrons. The van der Waals surface area contributed by atoms with Crippen molar-refractivity contribution in [1.29, 1.82) is 0 Å². The fourth-order valence-electron chi connectivity index (χ4n) is 4.39. The Morgan fingerprint density at radius 1 is 1.10 bits per heavy atom. The number of amides is 1. The van der Waals surface area contributed by atoms with Crippen LogP contribution in [0.25, 0.3) is 22.4 Å². The molecule has 2 heterocycles. The number of aromatic nitrogens is 1. The zero-order valence-corrected chi connectivity index (χ0v) is 23.7. The van der Waals surface area contributed by atoms with Crippen LogP contribution in [0.15, 0.2) is 59.0 Å². The first-order valence-electron chi connectivity index (χ1n) is 12.9. The van der Waals surface area contributed by atoms with Crippen molar-refractivity contribution in [3.05, 3.63) is 71.5 Å². The second-order valence-electron chi connectivity index (χ2n) is 9.11. The number of aryl methyl sites for hydroxylation is 1. The summed E-state index contributed by atoms with van der Waals surface area (Å²) in [6.45, 7) is 2.43. The highest BCUT2D eigenvalue weighted by Gasteiger charge is 2.27. The summed E-state index contributed by atoms with van der Waals surface area (Å²) in [7, 11) is -0.632. The van der Waals surface area contributed by atoms with Gasteiger partial charge in [0.15, 0.2) is 11.5 Å². The van der Waals surface area contributed by atoms with Gasteiger partial charge in [0.2, 0.25) is 15.7 Å². The number of ether oxygens (including phenoxy) is 2. The van der Waals surface area contributed by atoms with E-state index in [9.17, 15) is 17.6 Å². The third kappa shape index (κ3) is 6.20. The molecule has 2 aromatic heterocycles. The number of unbranched alkanes of at least 4 members (excludes halogenated alkanes) is 1. The number of pyridine rings is 1. The molecule has 11 heteroatoms. The molecule has 1 amide bonds. The minimum absolute atomic E-state index is 0.110. The van der Waals surface area contributed by atoms with Crippen LogP contribution in [0.1, 0.15) is 35.7 Å². The molecule has 0 aliphatic heterocycles. The number of carbonyl (C=O) groups is 1. The zero-order valence-electron chi connectivity index (χ0n) is 22.9. The molecular formula is C29H32FN3O6S. The van der Waals surface area contributed by atoms with E-state index in [0.717, 1.165) is 6.26 Å². The van der Waals surface area contributed by atoms with Crippen LogP contribution in [0.4, 0.5) is 10.2 Å². The van der Waals surface area contributed by atoms with Gasteiger partial charge in [-0.3, -0.25) is 9.10 Å². The monoisotopic (exact) mass is 569 g/mol. The highest BCUT2D eigenvalue weighted by Crippen LogP contribution is 2.36. The van der Waals surface area contributed by atoms with Crippen molar-refractivity contribution in [3.8, 4) is 22.8 Å². The van der Waals surface area contributed by atoms with Gasteiger partial charge in [-0.25, -0.2) is 12.8 Å². The average Bonchev–Trinajstić information content (AvgIpc) is 3.32. The summed E-state index contributed by atoms with van der Waals surface area (Å²) in [5.41, 5.74) is 1.49. The third-order valence-electron chi connectivity index (χ3n) is 6.40. The molecule has 0 fully saturated rings. The summed E-state index contributed by atoms with van der Waals surface area (Å²) in [6, 6.07) is 14.6. The van der Waals surface area contributed by atoms with Gasteiger partial charge in [-0.1, -0.05) is 19.1 Å². The minimum atomic E-state index is -3.70. The van der Waals surface area contributed by atoms with Gasteiger partial charge < -0.3 is 19.2 Å². The lowest BCUT2D eigenvalue weighted by Gasteiger charge is -2.23. The summed E-state index contributed by atoms with van der Waals surface area (Å²) in [6.07, 6.45) is 2.69. The van der Waals surface area contributed by atoms with Gasteiger partial charge in [-0.05, 0) is 67.3 Å². The molecule has 0 unspecified atom stereocenters. The van der Waals surface area contributed by atoms with Crippen LogP contribution in [0.3, 0.4) is 0 Å². The number of furan rings is 1. The van der Waals surface area contributed by atoms with E-state index in [1.54, 1.807) is 19.2 Å². The Morgan fingerprint density at radius 3 is 2.42 bits per heavy atom. The van der Waals surface area contributed by atoms with Crippen LogP contribution in [-0.2, 0) is 16.4 Å². The predicted molar refractivity (Wildman–Crippen MR) is 152 cm³/mol. The van der Waals surface area contributed by atoms with Gasteiger partial charge in [0, 0.05) is 19.2 Å². The first-order valence-corrected chi connectivity index (χ1v) is 14.7. The molecule has 40 heavy (non-hydrogen) atoms. The highest BCUT2D eigenvalue weighted by molar-refractivity contribution is 7.92. The van der Waals surface area contributed by atoms with E-state index in [1.165, 1.54) is 35.6 Å². The normalized spacial score (nSPS) is 11.4. The lowest BCUT2D eigenvalue weighted by atomic mass is 10.0. The Labute approximate surface area is 233 Å². The van der Waals surface area contributed by atoms with Crippen LogP contribution in [0, 0.1) is 5.82 Å². The molecule has 0 saturated heterocycles. The number of fused-ring (bicyclic) bond motifs is 1. The Morgan fingerprint density at radius 2 is 1.80 bits per heavy atom. The van der Waals surface area contributed by atoms with Crippen LogP contribution < -0.4 is 19.1 Å². The molecule has 0 spiro atoms. The topological polar surface area (TPSA) is 111 Å². The highest BCUT2D eigenvalue weighted by atomic mass is 32.2. The molecule has 1 N–H and O–H groups in total. The molecule has 212 valence electrons. The molecule has 0 bridgehead atoms. The van der Waals surface area contributed by atoms with E-state index in [1.807, 2.05) is 25.1 Å². The molecule has 0 aliphatic carbocycles. The molecule has 9 nitrogen and oxygen atoms in total. The fraction of sp³-hybridized carbons (Fsp3) is 0.310. The number of sulfonamides is 1. The number of nitrogens with zero attached hydrogens (tertiary/aromatic N) is 2. The Kier molecular flexibility index (Phi) is 8.93. The lowest BCUT2D eigenvalue weighted by Crippen LogP contribution is -2.32. The molecule has 4 aromatic rings. The maximum Gasteiger partial charge on any atom is 0.255 e. The van der Waals surface area contributed by atoms with Gasteiger partial charge in [-0.2, -0.15) is 4.98 Å². The second-order valence-corrected chi connectivity index (χ2v) is 11.0. The molecular weight excluding hydrogens is 537 g/mol. The van der Waals surface area contributed by atoms with Crippen LogP contribution in [0.5, 0.6) is 11.5 Å². The Bertz CT molecular complexity index is 1600. The largest absolute Gasteiger partial charge is 0.493 e. The molecule has 0 aliphatic rings. The summed E-state index contributed by atoms with van der Waals surface area (Å²) in [5.74, 6) is 0.885. The van der Waals surface area contributed by atoms with Crippen LogP contribution in [0.2, 0.25) is 0 Å². The predicted octanol–water partition coefficient (Wildman–Crippen LogP) is 5.19. The number of para-hydroxylation sites is 2. The van der Waals surface area contributed by atoms with Crippen LogP contribution in [-0.4, -0.2) is 52.9 Å². The van der Waals surface area contributed by atoms with Crippen molar-refractivity contribution in [2.45, 2.75) is 26.2 Å². The van der Waals surface area contributed by atoms with E-state index >= 15 is 0 Å². The van der Waals surface area contributed by atoms with E-state index in [-0.39, 0.29) is 29.4 Å². The van der Waals surface area contributed by atoms with E-state index in [2.05, 4.69) is 10.3 Å². The molecule has 0 atom stereocenters. The second kappa shape index (κ2) is 12.4. The number of nitrogens with one attached hydrogen (secondary N) is 1. The fourth-order valence-corrected chi connectivity index (χ4v) is 5.33. The standard InChI is InChI=1S/C29H32FN3O6S/c1-5-19-18-22-25(28(34)31-2)26(20-12-14-21(30)15-13-20)39-29(22)32-27(19)33(40(4,35)36)16-8-9-17-38-24-11-7-6-10-23(24)37-3/h6-7,10-15,18H,5,8-9,16-17H2,1-4H3,(H,31,34). The van der Waals surface area contributed by atoms with Crippen molar-refractivity contribution in [2.24, 2.45) is 0 Å². The zero-order chi connectivity index (χ0) is 28.9. The van der Waals surface area contributed by atoms with Gasteiger partial charge in [0.25, 0.3) is 5.91 Å². The van der Waals surface area contributed by atoms with Crippen molar-refractivity contribution in [3.63, 3.8) is 0 Å². The maximum atomic E-state index is 13.6. The Hall–Kier alpha value is -4.12. The van der Waals surface area contributed by atoms with Crippen molar-refractivity contribution < 1.29 is 31.5 Å². The first kappa shape index (κ1) is 28.9. The molecule has 0 saturated carbocycles. The number of carbonyl (C=O) groups excluding carboxylic acids is 1. The van der Waals surface area contributed by atoms with Gasteiger partial charge >= 0.3 is 0 Å². The number of anilines is 1. The van der Waals surface area contributed by atoms with Crippen molar-refractivity contribution in [2.75, 3.05) is 37.9 Å². The van der Waals surface area contributed by atoms with Crippen molar-refractivity contribution in [1.82, 2.24) is 10.3 Å².